The fraction of sp³-hybridized carbons (Fsp3) is 0.250. The van der Waals surface area contributed by atoms with Crippen LogP contribution in [0.1, 0.15) is 11.6 Å². The third-order valence-corrected chi connectivity index (χ3v) is 3.49. The van der Waals surface area contributed by atoms with Gasteiger partial charge in [0.15, 0.2) is 5.96 Å². The van der Waals surface area contributed by atoms with Crippen molar-refractivity contribution in [2.45, 2.75) is 6.04 Å². The molecular formula is C12H13Cl2N3. The van der Waals surface area contributed by atoms with E-state index in [2.05, 4.69) is 11.6 Å². The minimum Gasteiger partial charge on any atom is -0.370 e. The molecule has 0 saturated heterocycles. The van der Waals surface area contributed by atoms with Crippen LogP contribution in [-0.2, 0) is 0 Å². The normalized spacial score (nSPS) is 19.3. The van der Waals surface area contributed by atoms with Crippen molar-refractivity contribution in [3.8, 4) is 0 Å². The van der Waals surface area contributed by atoms with E-state index in [4.69, 9.17) is 28.9 Å². The highest BCUT2D eigenvalue weighted by Crippen LogP contribution is 2.30. The van der Waals surface area contributed by atoms with Gasteiger partial charge >= 0.3 is 0 Å². The molecule has 0 radical (unpaired) electrons. The maximum Gasteiger partial charge on any atom is 0.192 e. The number of hydrogen-bond acceptors (Lipinski definition) is 3. The average molecular weight is 270 g/mol. The van der Waals surface area contributed by atoms with Crippen molar-refractivity contribution in [3.05, 3.63) is 46.5 Å². The van der Waals surface area contributed by atoms with Crippen LogP contribution in [0.3, 0.4) is 0 Å². The van der Waals surface area contributed by atoms with Crippen LogP contribution in [0.15, 0.2) is 35.8 Å². The summed E-state index contributed by atoms with van der Waals surface area (Å²) in [4.78, 5) is 6.24. The summed E-state index contributed by atoms with van der Waals surface area (Å²) in [7, 11) is 0. The molecule has 1 unspecified atom stereocenters. The number of aliphatic imine (C=N–C) groups is 1. The Labute approximate surface area is 111 Å². The first-order valence-electron chi connectivity index (χ1n) is 5.26. The maximum absolute atomic E-state index is 6.01. The molecule has 1 heterocycles. The van der Waals surface area contributed by atoms with Crippen LogP contribution < -0.4 is 5.73 Å². The Morgan fingerprint density at radius 2 is 2.24 bits per heavy atom. The highest BCUT2D eigenvalue weighted by molar-refractivity contribution is 6.42. The van der Waals surface area contributed by atoms with Gasteiger partial charge < -0.3 is 10.6 Å². The second-order valence-corrected chi connectivity index (χ2v) is 4.64. The molecule has 2 rings (SSSR count). The van der Waals surface area contributed by atoms with E-state index in [9.17, 15) is 0 Å². The van der Waals surface area contributed by atoms with Crippen molar-refractivity contribution in [1.82, 2.24) is 4.90 Å². The number of nitrogens with zero attached hydrogens (tertiary/aromatic N) is 2. The van der Waals surface area contributed by atoms with E-state index in [1.54, 1.807) is 12.1 Å². The average Bonchev–Trinajstić information content (AvgIpc) is 2.66. The van der Waals surface area contributed by atoms with E-state index >= 15 is 0 Å². The summed E-state index contributed by atoms with van der Waals surface area (Å²) in [6.45, 7) is 5.02. The van der Waals surface area contributed by atoms with E-state index < -0.39 is 0 Å². The molecule has 0 spiro atoms. The number of rotatable bonds is 3. The molecule has 0 amide bonds. The summed E-state index contributed by atoms with van der Waals surface area (Å²) in [5.41, 5.74) is 6.89. The summed E-state index contributed by atoms with van der Waals surface area (Å²) >= 11 is 11.9. The molecule has 1 aliphatic heterocycles. The predicted molar refractivity (Wildman–Crippen MR) is 72.6 cm³/mol. The third kappa shape index (κ3) is 2.40. The summed E-state index contributed by atoms with van der Waals surface area (Å²) < 4.78 is 0. The van der Waals surface area contributed by atoms with Gasteiger partial charge in [0, 0.05) is 6.54 Å². The molecular weight excluding hydrogens is 257 g/mol. The fourth-order valence-electron chi connectivity index (χ4n) is 1.89. The smallest absolute Gasteiger partial charge is 0.192 e. The number of guanidine groups is 1. The minimum absolute atomic E-state index is 0.114. The van der Waals surface area contributed by atoms with Crippen LogP contribution in [0.4, 0.5) is 0 Å². The van der Waals surface area contributed by atoms with Gasteiger partial charge in [-0.05, 0) is 17.7 Å². The van der Waals surface area contributed by atoms with Crippen LogP contribution in [0.5, 0.6) is 0 Å². The van der Waals surface area contributed by atoms with Crippen LogP contribution in [0, 0.1) is 0 Å². The van der Waals surface area contributed by atoms with Crippen molar-refractivity contribution in [1.29, 1.82) is 0 Å². The Bertz CT molecular complexity index is 471. The van der Waals surface area contributed by atoms with E-state index in [1.165, 1.54) is 0 Å². The first-order valence-corrected chi connectivity index (χ1v) is 6.01. The van der Waals surface area contributed by atoms with Gasteiger partial charge in [-0.2, -0.15) is 0 Å². The Kier molecular flexibility index (Phi) is 3.60. The zero-order valence-electron chi connectivity index (χ0n) is 9.24. The van der Waals surface area contributed by atoms with Crippen LogP contribution in [0.25, 0.3) is 0 Å². The van der Waals surface area contributed by atoms with Gasteiger partial charge in [0.2, 0.25) is 0 Å². The lowest BCUT2D eigenvalue weighted by molar-refractivity contribution is 0.380. The number of halogens is 2. The summed E-state index contributed by atoms with van der Waals surface area (Å²) in [5.74, 6) is 0.543. The Balaban J connectivity index is 2.27. The van der Waals surface area contributed by atoms with Gasteiger partial charge in [0.25, 0.3) is 0 Å². The summed E-state index contributed by atoms with van der Waals surface area (Å²) in [6.07, 6.45) is 1.80. The molecule has 5 heteroatoms. The van der Waals surface area contributed by atoms with Crippen molar-refractivity contribution in [3.63, 3.8) is 0 Å². The van der Waals surface area contributed by atoms with Gasteiger partial charge in [-0.25, -0.2) is 0 Å². The SMILES string of the molecule is C=CCN1C(N)=NCC1c1ccc(Cl)c(Cl)c1. The molecule has 2 N–H and O–H groups in total. The van der Waals surface area contributed by atoms with Crippen molar-refractivity contribution < 1.29 is 0 Å². The van der Waals surface area contributed by atoms with Crippen LogP contribution in [0.2, 0.25) is 10.0 Å². The fourth-order valence-corrected chi connectivity index (χ4v) is 2.20. The largest absolute Gasteiger partial charge is 0.370 e. The molecule has 0 aliphatic carbocycles. The van der Waals surface area contributed by atoms with E-state index in [-0.39, 0.29) is 6.04 Å². The summed E-state index contributed by atoms with van der Waals surface area (Å²) in [6, 6.07) is 5.71. The topological polar surface area (TPSA) is 41.6 Å². The molecule has 0 saturated carbocycles. The van der Waals surface area contributed by atoms with E-state index in [0.717, 1.165) is 5.56 Å². The zero-order valence-corrected chi connectivity index (χ0v) is 10.7. The van der Waals surface area contributed by atoms with Crippen molar-refractivity contribution >= 4 is 29.2 Å². The highest BCUT2D eigenvalue weighted by atomic mass is 35.5. The second-order valence-electron chi connectivity index (χ2n) is 3.83. The molecule has 0 aromatic heterocycles. The number of hydrogen-bond donors (Lipinski definition) is 1. The minimum atomic E-state index is 0.114. The highest BCUT2D eigenvalue weighted by Gasteiger charge is 2.26. The zero-order chi connectivity index (χ0) is 12.4. The Hall–Kier alpha value is -1.19. The summed E-state index contributed by atoms with van der Waals surface area (Å²) in [5, 5.41) is 1.10. The molecule has 90 valence electrons. The lowest BCUT2D eigenvalue weighted by Gasteiger charge is -2.25. The molecule has 0 fully saturated rings. The van der Waals surface area contributed by atoms with Gasteiger partial charge in [0.05, 0.1) is 22.6 Å². The molecule has 0 bridgehead atoms. The standard InChI is InChI=1S/C12H13Cl2N3/c1-2-5-17-11(7-16-12(17)15)8-3-4-9(13)10(14)6-8/h2-4,6,11H,1,5,7H2,(H2,15,16). The Morgan fingerprint density at radius 3 is 2.88 bits per heavy atom. The van der Waals surface area contributed by atoms with E-state index in [0.29, 0.717) is 29.1 Å². The quantitative estimate of drug-likeness (QED) is 0.858. The van der Waals surface area contributed by atoms with E-state index in [1.807, 2.05) is 17.0 Å². The van der Waals surface area contributed by atoms with Crippen molar-refractivity contribution in [2.24, 2.45) is 10.7 Å². The molecule has 3 nitrogen and oxygen atoms in total. The van der Waals surface area contributed by atoms with Gasteiger partial charge in [-0.1, -0.05) is 35.3 Å². The molecule has 1 aliphatic rings. The first-order chi connectivity index (χ1) is 8.13. The molecule has 1 aromatic rings. The molecule has 17 heavy (non-hydrogen) atoms. The van der Waals surface area contributed by atoms with Gasteiger partial charge in [0.1, 0.15) is 0 Å². The lowest BCUT2D eigenvalue weighted by Crippen LogP contribution is -2.36. The van der Waals surface area contributed by atoms with Crippen molar-refractivity contribution in [2.75, 3.05) is 13.1 Å². The number of nitrogens with two attached hydrogens (primary N) is 1. The maximum atomic E-state index is 6.01. The lowest BCUT2D eigenvalue weighted by atomic mass is 10.1. The Morgan fingerprint density at radius 1 is 1.47 bits per heavy atom. The first kappa shape index (κ1) is 12.3. The molecule has 1 aromatic carbocycles. The van der Waals surface area contributed by atoms with Gasteiger partial charge in [-0.15, -0.1) is 6.58 Å². The van der Waals surface area contributed by atoms with Gasteiger partial charge in [-0.3, -0.25) is 4.99 Å². The predicted octanol–water partition coefficient (Wildman–Crippen LogP) is 2.85. The number of benzene rings is 1. The van der Waals surface area contributed by atoms with Crippen LogP contribution in [-0.4, -0.2) is 23.9 Å². The molecule has 1 atom stereocenters. The second kappa shape index (κ2) is 4.98. The third-order valence-electron chi connectivity index (χ3n) is 2.75. The monoisotopic (exact) mass is 269 g/mol. The van der Waals surface area contributed by atoms with Crippen LogP contribution >= 0.6 is 23.2 Å².